The molecule has 1 aromatic heterocycles. The normalized spacial score (nSPS) is 12.2. The number of alkyl halides is 5. The average Bonchev–Trinajstić information content (AvgIpc) is 2.15. The molecular formula is C8H6F5IN2. The van der Waals surface area contributed by atoms with Crippen LogP contribution in [0.4, 0.5) is 22.0 Å². The zero-order valence-electron chi connectivity index (χ0n) is 7.65. The van der Waals surface area contributed by atoms with Crippen LogP contribution in [0.25, 0.3) is 0 Å². The molecule has 16 heavy (non-hydrogen) atoms. The van der Waals surface area contributed by atoms with Gasteiger partial charge in [-0.25, -0.2) is 8.78 Å². The van der Waals surface area contributed by atoms with Gasteiger partial charge in [-0.2, -0.15) is 13.2 Å². The summed E-state index contributed by atoms with van der Waals surface area (Å²) in [6, 6.07) is 0. The molecule has 0 bridgehead atoms. The molecule has 0 unspecified atom stereocenters. The summed E-state index contributed by atoms with van der Waals surface area (Å²) in [7, 11) is 0. The lowest BCUT2D eigenvalue weighted by Crippen LogP contribution is -2.18. The van der Waals surface area contributed by atoms with E-state index in [4.69, 9.17) is 5.73 Å². The fraction of sp³-hybridized carbons (Fsp3) is 0.375. The van der Waals surface area contributed by atoms with Crippen molar-refractivity contribution in [3.8, 4) is 0 Å². The molecule has 0 aliphatic heterocycles. The van der Waals surface area contributed by atoms with Gasteiger partial charge in [-0.3, -0.25) is 4.98 Å². The van der Waals surface area contributed by atoms with E-state index in [0.717, 1.165) is 6.20 Å². The first-order chi connectivity index (χ1) is 7.29. The molecule has 0 spiro atoms. The van der Waals surface area contributed by atoms with Crippen LogP contribution in [0.15, 0.2) is 6.20 Å². The zero-order valence-corrected chi connectivity index (χ0v) is 9.81. The van der Waals surface area contributed by atoms with Gasteiger partial charge < -0.3 is 5.73 Å². The molecule has 0 aromatic carbocycles. The highest BCUT2D eigenvalue weighted by Crippen LogP contribution is 2.38. The Morgan fingerprint density at radius 2 is 1.94 bits per heavy atom. The van der Waals surface area contributed by atoms with Gasteiger partial charge in [0.1, 0.15) is 5.69 Å². The van der Waals surface area contributed by atoms with Crippen LogP contribution in [0, 0.1) is 3.57 Å². The fourth-order valence-corrected chi connectivity index (χ4v) is 1.85. The Morgan fingerprint density at radius 3 is 2.31 bits per heavy atom. The number of hydrogen-bond acceptors (Lipinski definition) is 2. The Bertz CT molecular complexity index is 391. The van der Waals surface area contributed by atoms with E-state index in [1.165, 1.54) is 0 Å². The third-order valence-electron chi connectivity index (χ3n) is 1.86. The van der Waals surface area contributed by atoms with E-state index in [-0.39, 0.29) is 9.13 Å². The second-order valence-corrected chi connectivity index (χ2v) is 4.01. The van der Waals surface area contributed by atoms with E-state index in [2.05, 4.69) is 4.98 Å². The molecule has 0 amide bonds. The molecular weight excluding hydrogens is 346 g/mol. The van der Waals surface area contributed by atoms with E-state index in [0.29, 0.717) is 0 Å². The Labute approximate surface area is 101 Å². The summed E-state index contributed by atoms with van der Waals surface area (Å²) in [5, 5.41) is 0. The first kappa shape index (κ1) is 13.6. The average molecular weight is 352 g/mol. The number of aromatic nitrogens is 1. The lowest BCUT2D eigenvalue weighted by molar-refractivity contribution is -0.140. The molecule has 0 aliphatic carbocycles. The third kappa shape index (κ3) is 2.59. The van der Waals surface area contributed by atoms with Gasteiger partial charge in [0.25, 0.3) is 6.43 Å². The van der Waals surface area contributed by atoms with Crippen LogP contribution in [0.2, 0.25) is 0 Å². The lowest BCUT2D eigenvalue weighted by Gasteiger charge is -2.16. The highest BCUT2D eigenvalue weighted by atomic mass is 127. The minimum absolute atomic E-state index is 0.122. The van der Waals surface area contributed by atoms with Crippen molar-refractivity contribution >= 4 is 22.6 Å². The van der Waals surface area contributed by atoms with Gasteiger partial charge in [-0.05, 0) is 28.2 Å². The number of halogens is 6. The van der Waals surface area contributed by atoms with Crippen molar-refractivity contribution in [3.63, 3.8) is 0 Å². The van der Waals surface area contributed by atoms with Gasteiger partial charge in [0.2, 0.25) is 0 Å². The largest absolute Gasteiger partial charge is 0.418 e. The SMILES string of the molecule is NCc1c(I)cnc(C(F)F)c1C(F)(F)F. The van der Waals surface area contributed by atoms with E-state index in [1.807, 2.05) is 0 Å². The molecule has 2 nitrogen and oxygen atoms in total. The predicted octanol–water partition coefficient (Wildman–Crippen LogP) is 3.10. The maximum atomic E-state index is 12.6. The first-order valence-corrected chi connectivity index (χ1v) is 5.09. The molecule has 1 heterocycles. The van der Waals surface area contributed by atoms with Crippen molar-refractivity contribution < 1.29 is 22.0 Å². The smallest absolute Gasteiger partial charge is 0.326 e. The van der Waals surface area contributed by atoms with Gasteiger partial charge in [0, 0.05) is 16.3 Å². The fourth-order valence-electron chi connectivity index (χ4n) is 1.22. The molecule has 90 valence electrons. The summed E-state index contributed by atoms with van der Waals surface area (Å²) in [4.78, 5) is 3.12. The van der Waals surface area contributed by atoms with E-state index in [1.54, 1.807) is 22.6 Å². The van der Waals surface area contributed by atoms with Crippen molar-refractivity contribution in [3.05, 3.63) is 26.6 Å². The number of nitrogens with zero attached hydrogens (tertiary/aromatic N) is 1. The van der Waals surface area contributed by atoms with Gasteiger partial charge in [0.15, 0.2) is 0 Å². The number of hydrogen-bond donors (Lipinski definition) is 1. The molecule has 8 heteroatoms. The van der Waals surface area contributed by atoms with Gasteiger partial charge in [-0.1, -0.05) is 0 Å². The Morgan fingerprint density at radius 1 is 1.38 bits per heavy atom. The van der Waals surface area contributed by atoms with Crippen LogP contribution < -0.4 is 5.73 Å². The van der Waals surface area contributed by atoms with Crippen LogP contribution in [0.5, 0.6) is 0 Å². The number of pyridine rings is 1. The zero-order chi connectivity index (χ0) is 12.5. The molecule has 0 radical (unpaired) electrons. The Hall–Kier alpha value is -0.510. The maximum Gasteiger partial charge on any atom is 0.418 e. The van der Waals surface area contributed by atoms with Crippen LogP contribution in [-0.2, 0) is 12.7 Å². The second kappa shape index (κ2) is 4.78. The molecule has 0 saturated heterocycles. The predicted molar refractivity (Wildman–Crippen MR) is 54.8 cm³/mol. The van der Waals surface area contributed by atoms with Gasteiger partial charge >= 0.3 is 6.18 Å². The van der Waals surface area contributed by atoms with Crippen LogP contribution in [0.1, 0.15) is 23.2 Å². The van der Waals surface area contributed by atoms with Gasteiger partial charge in [-0.15, -0.1) is 0 Å². The molecule has 1 rings (SSSR count). The maximum absolute atomic E-state index is 12.6. The molecule has 0 aliphatic rings. The van der Waals surface area contributed by atoms with E-state index in [9.17, 15) is 22.0 Å². The van der Waals surface area contributed by atoms with Crippen molar-refractivity contribution in [2.75, 3.05) is 0 Å². The summed E-state index contributed by atoms with van der Waals surface area (Å²) < 4.78 is 62.7. The van der Waals surface area contributed by atoms with Crippen molar-refractivity contribution in [2.24, 2.45) is 5.73 Å². The van der Waals surface area contributed by atoms with Crippen LogP contribution in [-0.4, -0.2) is 4.98 Å². The van der Waals surface area contributed by atoms with Crippen molar-refractivity contribution in [2.45, 2.75) is 19.1 Å². The Kier molecular flexibility index (Phi) is 4.05. The second-order valence-electron chi connectivity index (χ2n) is 2.85. The van der Waals surface area contributed by atoms with Crippen LogP contribution >= 0.6 is 22.6 Å². The highest BCUT2D eigenvalue weighted by Gasteiger charge is 2.39. The van der Waals surface area contributed by atoms with Crippen molar-refractivity contribution in [1.29, 1.82) is 0 Å². The molecule has 0 fully saturated rings. The molecule has 2 N–H and O–H groups in total. The van der Waals surface area contributed by atoms with E-state index >= 15 is 0 Å². The minimum Gasteiger partial charge on any atom is -0.326 e. The van der Waals surface area contributed by atoms with Gasteiger partial charge in [0.05, 0.1) is 5.56 Å². The number of nitrogens with two attached hydrogens (primary N) is 1. The number of rotatable bonds is 2. The topological polar surface area (TPSA) is 38.9 Å². The standard InChI is InChI=1S/C8H6F5IN2/c9-7(10)6-5(8(11,12)13)3(1-15)4(14)2-16-6/h2,7H,1,15H2. The third-order valence-corrected chi connectivity index (χ3v) is 2.79. The summed E-state index contributed by atoms with van der Waals surface area (Å²) in [6.45, 7) is -0.463. The summed E-state index contributed by atoms with van der Waals surface area (Å²) in [5.41, 5.74) is 2.10. The highest BCUT2D eigenvalue weighted by molar-refractivity contribution is 14.1. The first-order valence-electron chi connectivity index (χ1n) is 4.01. The molecule has 0 saturated carbocycles. The molecule has 0 atom stereocenters. The monoisotopic (exact) mass is 352 g/mol. The van der Waals surface area contributed by atoms with E-state index < -0.39 is 30.4 Å². The summed E-state index contributed by atoms with van der Waals surface area (Å²) in [6.07, 6.45) is -7.20. The lowest BCUT2D eigenvalue weighted by atomic mass is 10.1. The quantitative estimate of drug-likeness (QED) is 0.656. The minimum atomic E-state index is -4.88. The van der Waals surface area contributed by atoms with Crippen molar-refractivity contribution in [1.82, 2.24) is 4.98 Å². The Balaban J connectivity index is 3.54. The van der Waals surface area contributed by atoms with Crippen LogP contribution in [0.3, 0.4) is 0 Å². The molecule has 1 aromatic rings. The summed E-state index contributed by atoms with van der Waals surface area (Å²) in [5.74, 6) is 0. The summed E-state index contributed by atoms with van der Waals surface area (Å²) >= 11 is 1.58.